The molecule has 7 aliphatic rings. The lowest BCUT2D eigenvalue weighted by atomic mass is 9.51. The van der Waals surface area contributed by atoms with Crippen LogP contribution in [0.3, 0.4) is 0 Å². The third kappa shape index (κ3) is 4.50. The lowest BCUT2D eigenvalue weighted by Crippen LogP contribution is -2.67. The Morgan fingerprint density at radius 3 is 2.45 bits per heavy atom. The molecule has 9 nitrogen and oxygen atoms in total. The molecule has 0 spiro atoms. The van der Waals surface area contributed by atoms with Gasteiger partial charge in [-0.1, -0.05) is 13.8 Å². The van der Waals surface area contributed by atoms with Gasteiger partial charge in [-0.2, -0.15) is 0 Å². The minimum Gasteiger partial charge on any atom is -0.394 e. The van der Waals surface area contributed by atoms with E-state index in [-0.39, 0.29) is 23.5 Å². The number of Topliss-reactive ketones (excluding diaryl/α,β-unsaturated/α-hetero) is 1. The highest BCUT2D eigenvalue weighted by atomic mass is 16.7. The predicted molar refractivity (Wildman–Crippen MR) is 153 cm³/mol. The van der Waals surface area contributed by atoms with E-state index in [9.17, 15) is 30.3 Å². The molecule has 4 saturated carbocycles. The van der Waals surface area contributed by atoms with E-state index in [1.807, 2.05) is 0 Å². The second kappa shape index (κ2) is 10.7. The van der Waals surface area contributed by atoms with Gasteiger partial charge >= 0.3 is 0 Å². The monoisotopic (exact) mass is 591 g/mol. The smallest absolute Gasteiger partial charge is 0.186 e. The van der Waals surface area contributed by atoms with Crippen LogP contribution in [0.2, 0.25) is 0 Å². The van der Waals surface area contributed by atoms with E-state index in [4.69, 9.17) is 9.47 Å². The van der Waals surface area contributed by atoms with Crippen molar-refractivity contribution in [1.29, 1.82) is 0 Å². The summed E-state index contributed by atoms with van der Waals surface area (Å²) in [7, 11) is 0. The third-order valence-corrected chi connectivity index (χ3v) is 14.0. The minimum absolute atomic E-state index is 0.0958. The zero-order valence-electron chi connectivity index (χ0n) is 25.6. The summed E-state index contributed by atoms with van der Waals surface area (Å²) in [6.45, 7) is 8.49. The van der Waals surface area contributed by atoms with Gasteiger partial charge in [-0.05, 0) is 105 Å². The summed E-state index contributed by atoms with van der Waals surface area (Å²) < 4.78 is 11.8. The standard InChI is InChI=1S/C33H53NO8/c1-16-4-7-27-33(3,40)22-6-5-18-19(21(22)14-34(27)13-16)11-23-20(18)12-25(36)24-10-17(8-9-32(23,24)2)41-31-30(39)29(38)28(37)26(15-35)42-31/h16-24,26-31,35,37-40H,4-15H2,1-3H3/t16-,17+,18+,19+,20+,21+,22+,23-,24+,26+,27-,28+,29-,30+,31+,32+,33-/m0/s1. The Kier molecular flexibility index (Phi) is 7.66. The highest BCUT2D eigenvalue weighted by Crippen LogP contribution is 2.66. The van der Waals surface area contributed by atoms with Crippen molar-refractivity contribution in [3.63, 3.8) is 0 Å². The number of carbonyl (C=O) groups excluding carboxylic acids is 1. The Morgan fingerprint density at radius 2 is 1.69 bits per heavy atom. The summed E-state index contributed by atoms with van der Waals surface area (Å²) >= 11 is 0. The van der Waals surface area contributed by atoms with Gasteiger partial charge in [0.05, 0.1) is 18.3 Å². The molecule has 0 aromatic carbocycles. The minimum atomic E-state index is -1.47. The number of ketones is 1. The number of piperidine rings is 2. The van der Waals surface area contributed by atoms with Crippen molar-refractivity contribution >= 4 is 5.78 Å². The molecular formula is C33H53NO8. The molecule has 3 aliphatic heterocycles. The summed E-state index contributed by atoms with van der Waals surface area (Å²) in [5, 5.41) is 52.4. The molecule has 3 saturated heterocycles. The van der Waals surface area contributed by atoms with Crippen molar-refractivity contribution in [1.82, 2.24) is 4.90 Å². The lowest BCUT2D eigenvalue weighted by molar-refractivity contribution is -0.315. The number of carbonyl (C=O) groups is 1. The summed E-state index contributed by atoms with van der Waals surface area (Å²) in [4.78, 5) is 16.5. The van der Waals surface area contributed by atoms with Gasteiger partial charge in [0.1, 0.15) is 30.2 Å². The number of hydrogen-bond acceptors (Lipinski definition) is 9. The van der Waals surface area contributed by atoms with E-state index in [1.165, 1.54) is 6.42 Å². The zero-order chi connectivity index (χ0) is 29.7. The number of fused-ring (bicyclic) bond motifs is 8. The van der Waals surface area contributed by atoms with E-state index < -0.39 is 42.9 Å². The zero-order valence-corrected chi connectivity index (χ0v) is 25.6. The van der Waals surface area contributed by atoms with Crippen LogP contribution in [-0.4, -0.2) is 104 Å². The highest BCUT2D eigenvalue weighted by molar-refractivity contribution is 5.83. The Bertz CT molecular complexity index is 1040. The average molecular weight is 592 g/mol. The number of aliphatic hydroxyl groups excluding tert-OH is 4. The molecule has 0 amide bonds. The summed E-state index contributed by atoms with van der Waals surface area (Å²) in [6.07, 6.45) is 1.67. The van der Waals surface area contributed by atoms with Crippen LogP contribution >= 0.6 is 0 Å². The fourth-order valence-electron chi connectivity index (χ4n) is 11.8. The van der Waals surface area contributed by atoms with E-state index in [1.54, 1.807) is 0 Å². The molecule has 0 aromatic rings. The Labute approximate surface area is 249 Å². The molecule has 0 radical (unpaired) electrons. The van der Waals surface area contributed by atoms with Crippen LogP contribution < -0.4 is 0 Å². The Balaban J connectivity index is 1.07. The number of ether oxygens (including phenoxy) is 2. The molecule has 0 bridgehead atoms. The normalized spacial score (nSPS) is 57.9. The van der Waals surface area contributed by atoms with Gasteiger partial charge in [-0.25, -0.2) is 0 Å². The topological polar surface area (TPSA) is 140 Å². The van der Waals surface area contributed by atoms with E-state index in [0.717, 1.165) is 51.6 Å². The first-order valence-corrected chi connectivity index (χ1v) is 16.9. The van der Waals surface area contributed by atoms with Crippen molar-refractivity contribution in [3.05, 3.63) is 0 Å². The third-order valence-electron chi connectivity index (χ3n) is 14.0. The van der Waals surface area contributed by atoms with Gasteiger partial charge in [0.25, 0.3) is 0 Å². The van der Waals surface area contributed by atoms with Crippen LogP contribution in [0.5, 0.6) is 0 Å². The summed E-state index contributed by atoms with van der Waals surface area (Å²) in [5.41, 5.74) is -0.745. The van der Waals surface area contributed by atoms with Crippen molar-refractivity contribution in [2.24, 2.45) is 52.8 Å². The quantitative estimate of drug-likeness (QED) is 0.310. The highest BCUT2D eigenvalue weighted by Gasteiger charge is 2.64. The molecule has 0 aromatic heterocycles. The van der Waals surface area contributed by atoms with E-state index in [2.05, 4.69) is 25.7 Å². The summed E-state index contributed by atoms with van der Waals surface area (Å²) in [5.74, 6) is 3.79. The number of rotatable bonds is 3. The maximum atomic E-state index is 13.9. The molecule has 4 aliphatic carbocycles. The molecule has 42 heavy (non-hydrogen) atoms. The van der Waals surface area contributed by atoms with Gasteiger partial charge in [0.15, 0.2) is 6.29 Å². The SMILES string of the molecule is C[C@H]1CC[C@@H]2N(C1)C[C@@H]1[C@@H]3C[C@H]4[C@H](CC(=O)[C@H]5C[C@H](O[C@@H]6O[C@H](CO)[C@@H](O)[C@H](O)[C@H]6O)CC[C@@]54C)[C@@H]3CC[C@H]1[C@]2(C)O. The maximum absolute atomic E-state index is 13.9. The molecule has 0 unspecified atom stereocenters. The number of nitrogens with zero attached hydrogens (tertiary/aromatic N) is 1. The first-order valence-electron chi connectivity index (χ1n) is 16.9. The van der Waals surface area contributed by atoms with Crippen LogP contribution in [0.1, 0.15) is 78.6 Å². The van der Waals surface area contributed by atoms with Gasteiger partial charge in [0, 0.05) is 31.5 Å². The fraction of sp³-hybridized carbons (Fsp3) is 0.970. The fourth-order valence-corrected chi connectivity index (χ4v) is 11.8. The second-order valence-electron chi connectivity index (χ2n) is 16.0. The van der Waals surface area contributed by atoms with Crippen LogP contribution in [0.25, 0.3) is 0 Å². The average Bonchev–Trinajstić information content (AvgIpc) is 3.33. The molecular weight excluding hydrogens is 538 g/mol. The van der Waals surface area contributed by atoms with Crippen LogP contribution in [-0.2, 0) is 14.3 Å². The molecule has 3 heterocycles. The van der Waals surface area contributed by atoms with E-state index >= 15 is 0 Å². The molecule has 7 fully saturated rings. The first-order chi connectivity index (χ1) is 19.9. The van der Waals surface area contributed by atoms with E-state index in [0.29, 0.717) is 60.1 Å². The number of aliphatic hydroxyl groups is 5. The van der Waals surface area contributed by atoms with Crippen molar-refractivity contribution < 1.29 is 39.8 Å². The molecule has 238 valence electrons. The largest absolute Gasteiger partial charge is 0.394 e. The van der Waals surface area contributed by atoms with Crippen LogP contribution in [0, 0.1) is 52.8 Å². The van der Waals surface area contributed by atoms with Gasteiger partial charge in [-0.3, -0.25) is 9.69 Å². The van der Waals surface area contributed by atoms with Gasteiger partial charge in [-0.15, -0.1) is 0 Å². The molecule has 17 atom stereocenters. The number of hydrogen-bond donors (Lipinski definition) is 5. The van der Waals surface area contributed by atoms with Crippen LogP contribution in [0.4, 0.5) is 0 Å². The maximum Gasteiger partial charge on any atom is 0.186 e. The Hall–Kier alpha value is -0.650. The van der Waals surface area contributed by atoms with Crippen molar-refractivity contribution in [2.75, 3.05) is 19.7 Å². The lowest BCUT2D eigenvalue weighted by Gasteiger charge is -2.59. The van der Waals surface area contributed by atoms with Crippen molar-refractivity contribution in [2.45, 2.75) is 127 Å². The summed E-state index contributed by atoms with van der Waals surface area (Å²) in [6, 6.07) is 0.276. The molecule has 7 rings (SSSR count). The molecule has 9 heteroatoms. The second-order valence-corrected chi connectivity index (χ2v) is 16.0. The molecule has 5 N–H and O–H groups in total. The van der Waals surface area contributed by atoms with Gasteiger partial charge in [0.2, 0.25) is 0 Å². The first kappa shape index (κ1) is 30.0. The van der Waals surface area contributed by atoms with Crippen molar-refractivity contribution in [3.8, 4) is 0 Å². The Morgan fingerprint density at radius 1 is 0.905 bits per heavy atom. The van der Waals surface area contributed by atoms with Gasteiger partial charge < -0.3 is 35.0 Å². The van der Waals surface area contributed by atoms with Crippen LogP contribution in [0.15, 0.2) is 0 Å². The predicted octanol–water partition coefficient (Wildman–Crippen LogP) is 1.71.